The zero-order valence-corrected chi connectivity index (χ0v) is 11.5. The fourth-order valence-electron chi connectivity index (χ4n) is 2.06. The number of thioether (sulfide) groups is 1. The Morgan fingerprint density at radius 1 is 1.41 bits per heavy atom. The van der Waals surface area contributed by atoms with Crippen LogP contribution in [0.3, 0.4) is 0 Å². The molecule has 0 aliphatic carbocycles. The molecule has 1 fully saturated rings. The van der Waals surface area contributed by atoms with E-state index < -0.39 is 0 Å². The van der Waals surface area contributed by atoms with Crippen molar-refractivity contribution in [3.8, 4) is 6.07 Å². The number of rotatable bonds is 5. The lowest BCUT2D eigenvalue weighted by Gasteiger charge is -2.36. The molecule has 1 aliphatic rings. The summed E-state index contributed by atoms with van der Waals surface area (Å²) in [5.41, 5.74) is 0. The van der Waals surface area contributed by atoms with Crippen LogP contribution < -0.4 is 0 Å². The third-order valence-electron chi connectivity index (χ3n) is 3.16. The van der Waals surface area contributed by atoms with E-state index in [9.17, 15) is 4.79 Å². The van der Waals surface area contributed by atoms with E-state index in [0.29, 0.717) is 6.42 Å². The predicted octanol–water partition coefficient (Wildman–Crippen LogP) is 1.19. The van der Waals surface area contributed by atoms with Gasteiger partial charge in [0.25, 0.3) is 0 Å². The Kier molecular flexibility index (Phi) is 6.38. The standard InChI is InChI=1S/C12H21N3OS/c1-3-11(10-13)14-5-7-15(8-6-14)12(16)4-9-17-2/h11H,3-9H2,1-2H3. The number of piperazine rings is 1. The fraction of sp³-hybridized carbons (Fsp3) is 0.833. The van der Waals surface area contributed by atoms with Crippen LogP contribution in [-0.4, -0.2) is 59.9 Å². The summed E-state index contributed by atoms with van der Waals surface area (Å²) >= 11 is 1.71. The largest absolute Gasteiger partial charge is 0.340 e. The molecule has 5 heteroatoms. The molecular weight excluding hydrogens is 234 g/mol. The van der Waals surface area contributed by atoms with Crippen molar-refractivity contribution in [1.29, 1.82) is 5.26 Å². The van der Waals surface area contributed by atoms with Crippen LogP contribution in [0.5, 0.6) is 0 Å². The van der Waals surface area contributed by atoms with E-state index in [1.165, 1.54) is 0 Å². The number of carbonyl (C=O) groups is 1. The van der Waals surface area contributed by atoms with E-state index in [2.05, 4.69) is 11.0 Å². The van der Waals surface area contributed by atoms with Crippen molar-refractivity contribution in [3.63, 3.8) is 0 Å². The van der Waals surface area contributed by atoms with E-state index in [1.807, 2.05) is 18.1 Å². The first kappa shape index (κ1) is 14.3. The van der Waals surface area contributed by atoms with Gasteiger partial charge in [0.15, 0.2) is 0 Å². The molecule has 4 nitrogen and oxygen atoms in total. The molecule has 0 radical (unpaired) electrons. The van der Waals surface area contributed by atoms with Crippen molar-refractivity contribution in [3.05, 3.63) is 0 Å². The first-order chi connectivity index (χ1) is 8.22. The van der Waals surface area contributed by atoms with Crippen LogP contribution in [0.15, 0.2) is 0 Å². The molecule has 96 valence electrons. The molecule has 1 atom stereocenters. The van der Waals surface area contributed by atoms with Crippen LogP contribution >= 0.6 is 11.8 Å². The lowest BCUT2D eigenvalue weighted by molar-refractivity contribution is -0.132. The Balaban J connectivity index is 2.35. The average molecular weight is 255 g/mol. The normalized spacial score (nSPS) is 18.8. The van der Waals surface area contributed by atoms with Crippen LogP contribution in [0, 0.1) is 11.3 Å². The molecule has 0 spiro atoms. The van der Waals surface area contributed by atoms with E-state index in [1.54, 1.807) is 11.8 Å². The van der Waals surface area contributed by atoms with Gasteiger partial charge in [-0.15, -0.1) is 0 Å². The summed E-state index contributed by atoms with van der Waals surface area (Å²) in [6.07, 6.45) is 3.51. The lowest BCUT2D eigenvalue weighted by atomic mass is 10.2. The van der Waals surface area contributed by atoms with Gasteiger partial charge >= 0.3 is 0 Å². The Morgan fingerprint density at radius 2 is 2.06 bits per heavy atom. The van der Waals surface area contributed by atoms with Crippen molar-refractivity contribution in [2.45, 2.75) is 25.8 Å². The molecule has 1 unspecified atom stereocenters. The minimum Gasteiger partial charge on any atom is -0.340 e. The second kappa shape index (κ2) is 7.57. The first-order valence-electron chi connectivity index (χ1n) is 6.13. The lowest BCUT2D eigenvalue weighted by Crippen LogP contribution is -2.51. The summed E-state index contributed by atoms with van der Waals surface area (Å²) in [5, 5.41) is 8.99. The second-order valence-electron chi connectivity index (χ2n) is 4.21. The van der Waals surface area contributed by atoms with Crippen LogP contribution in [0.1, 0.15) is 19.8 Å². The van der Waals surface area contributed by atoms with E-state index in [0.717, 1.165) is 38.4 Å². The van der Waals surface area contributed by atoms with Gasteiger partial charge in [-0.1, -0.05) is 6.92 Å². The molecule has 1 aliphatic heterocycles. The van der Waals surface area contributed by atoms with Crippen molar-refractivity contribution in [1.82, 2.24) is 9.80 Å². The first-order valence-corrected chi connectivity index (χ1v) is 7.52. The fourth-order valence-corrected chi connectivity index (χ4v) is 2.44. The number of carbonyl (C=O) groups excluding carboxylic acids is 1. The van der Waals surface area contributed by atoms with Gasteiger partial charge in [-0.05, 0) is 12.7 Å². The minimum absolute atomic E-state index is 0.0125. The van der Waals surface area contributed by atoms with Crippen LogP contribution in [0.4, 0.5) is 0 Å². The van der Waals surface area contributed by atoms with Crippen molar-refractivity contribution >= 4 is 17.7 Å². The van der Waals surface area contributed by atoms with E-state index >= 15 is 0 Å². The zero-order chi connectivity index (χ0) is 12.7. The summed E-state index contributed by atoms with van der Waals surface area (Å²) in [4.78, 5) is 15.9. The van der Waals surface area contributed by atoms with Gasteiger partial charge in [0.05, 0.1) is 12.1 Å². The predicted molar refractivity (Wildman–Crippen MR) is 70.8 cm³/mol. The third-order valence-corrected chi connectivity index (χ3v) is 3.78. The highest BCUT2D eigenvalue weighted by Gasteiger charge is 2.24. The van der Waals surface area contributed by atoms with Crippen LogP contribution in [0.2, 0.25) is 0 Å². The molecule has 0 saturated carbocycles. The highest BCUT2D eigenvalue weighted by molar-refractivity contribution is 7.98. The summed E-state index contributed by atoms with van der Waals surface area (Å²) < 4.78 is 0. The maximum atomic E-state index is 11.8. The Hall–Kier alpha value is -0.730. The number of amides is 1. The van der Waals surface area contributed by atoms with Crippen molar-refractivity contribution in [2.75, 3.05) is 38.2 Å². The number of hydrogen-bond donors (Lipinski definition) is 0. The number of nitrogens with zero attached hydrogens (tertiary/aromatic N) is 3. The second-order valence-corrected chi connectivity index (χ2v) is 5.20. The van der Waals surface area contributed by atoms with Gasteiger partial charge < -0.3 is 4.90 Å². The highest BCUT2D eigenvalue weighted by atomic mass is 32.2. The Labute approximate surface area is 108 Å². The molecule has 0 N–H and O–H groups in total. The Bertz CT molecular complexity index is 282. The summed E-state index contributed by atoms with van der Waals surface area (Å²) in [6.45, 7) is 5.23. The summed E-state index contributed by atoms with van der Waals surface area (Å²) in [5.74, 6) is 1.15. The zero-order valence-electron chi connectivity index (χ0n) is 10.7. The van der Waals surface area contributed by atoms with E-state index in [-0.39, 0.29) is 11.9 Å². The number of nitriles is 1. The van der Waals surface area contributed by atoms with Gasteiger partial charge in [-0.25, -0.2) is 0 Å². The molecule has 0 aromatic rings. The third kappa shape index (κ3) is 4.21. The molecule has 1 rings (SSSR count). The molecule has 0 bridgehead atoms. The summed E-state index contributed by atoms with van der Waals surface area (Å²) in [6, 6.07) is 2.33. The molecule has 17 heavy (non-hydrogen) atoms. The SMILES string of the molecule is CCC(C#N)N1CCN(C(=O)CCSC)CC1. The van der Waals surface area contributed by atoms with Gasteiger partial charge in [0, 0.05) is 38.4 Å². The molecule has 1 saturated heterocycles. The van der Waals surface area contributed by atoms with Crippen LogP contribution in [-0.2, 0) is 4.79 Å². The average Bonchev–Trinajstić information content (AvgIpc) is 2.38. The smallest absolute Gasteiger partial charge is 0.223 e. The van der Waals surface area contributed by atoms with Gasteiger partial charge in [0.2, 0.25) is 5.91 Å². The van der Waals surface area contributed by atoms with Crippen LogP contribution in [0.25, 0.3) is 0 Å². The monoisotopic (exact) mass is 255 g/mol. The quantitative estimate of drug-likeness (QED) is 0.740. The maximum absolute atomic E-state index is 11.8. The highest BCUT2D eigenvalue weighted by Crippen LogP contribution is 2.10. The molecule has 1 amide bonds. The van der Waals surface area contributed by atoms with Gasteiger partial charge in [0.1, 0.15) is 0 Å². The minimum atomic E-state index is 0.0125. The topological polar surface area (TPSA) is 47.3 Å². The molecule has 0 aromatic carbocycles. The molecule has 1 heterocycles. The molecule has 0 aromatic heterocycles. The molecular formula is C12H21N3OS. The van der Waals surface area contributed by atoms with E-state index in [4.69, 9.17) is 5.26 Å². The number of hydrogen-bond acceptors (Lipinski definition) is 4. The van der Waals surface area contributed by atoms with Gasteiger partial charge in [-0.2, -0.15) is 17.0 Å². The van der Waals surface area contributed by atoms with Crippen molar-refractivity contribution < 1.29 is 4.79 Å². The summed E-state index contributed by atoms with van der Waals surface area (Å²) in [7, 11) is 0. The van der Waals surface area contributed by atoms with Gasteiger partial charge in [-0.3, -0.25) is 9.69 Å². The van der Waals surface area contributed by atoms with Crippen molar-refractivity contribution in [2.24, 2.45) is 0 Å². The maximum Gasteiger partial charge on any atom is 0.223 e. The Morgan fingerprint density at radius 3 is 2.53 bits per heavy atom.